The molecular weight excluding hydrogens is 330 g/mol. The number of aliphatic hydroxyl groups is 3. The zero-order chi connectivity index (χ0) is 17.4. The predicted octanol–water partition coefficient (Wildman–Crippen LogP) is 0.633. The van der Waals surface area contributed by atoms with Gasteiger partial charge in [0.2, 0.25) is 0 Å². The van der Waals surface area contributed by atoms with E-state index in [0.29, 0.717) is 11.5 Å². The van der Waals surface area contributed by atoms with E-state index in [1.165, 1.54) is 11.8 Å². The maximum Gasteiger partial charge on any atom is 0.173 e. The molecule has 4 atom stereocenters. The van der Waals surface area contributed by atoms with Crippen LogP contribution in [0.5, 0.6) is 5.75 Å². The van der Waals surface area contributed by atoms with Gasteiger partial charge in [0.05, 0.1) is 23.7 Å². The number of ether oxygens (including phenoxy) is 1. The van der Waals surface area contributed by atoms with Crippen molar-refractivity contribution < 1.29 is 20.1 Å². The molecule has 0 spiro atoms. The average molecular weight is 351 g/mol. The minimum Gasteiger partial charge on any atom is -0.475 e. The summed E-state index contributed by atoms with van der Waals surface area (Å²) in [4.78, 5) is 4.43. The van der Waals surface area contributed by atoms with Crippen molar-refractivity contribution in [1.29, 1.82) is 0 Å². The van der Waals surface area contributed by atoms with Crippen molar-refractivity contribution in [3.8, 4) is 17.0 Å². The van der Waals surface area contributed by atoms with E-state index < -0.39 is 23.7 Å². The van der Waals surface area contributed by atoms with Crippen molar-refractivity contribution in [2.45, 2.75) is 37.6 Å². The molecule has 8 heteroatoms. The second-order valence-electron chi connectivity index (χ2n) is 5.92. The molecule has 2 aromatic heterocycles. The Morgan fingerprint density at radius 1 is 1.21 bits per heavy atom. The quantitative estimate of drug-likeness (QED) is 0.746. The summed E-state index contributed by atoms with van der Waals surface area (Å²) >= 11 is 1.26. The number of hydrogen-bond acceptors (Lipinski definition) is 7. The summed E-state index contributed by atoms with van der Waals surface area (Å²) in [5.74, 6) is 0.806. The fraction of sp³-hybridized carbons (Fsp3) is 0.500. The third kappa shape index (κ3) is 3.14. The van der Waals surface area contributed by atoms with Gasteiger partial charge in [-0.15, -0.1) is 11.8 Å². The molecule has 2 aromatic rings. The van der Waals surface area contributed by atoms with Crippen molar-refractivity contribution in [3.63, 3.8) is 0 Å². The standard InChI is InChI=1S/C16H21N3O4S/c1-8-13(9(2)19(3)18-8)11-5-4-10(6-17-11)23-16-15(22)14(21)12(20)7-24-16/h4-6,12,14-16,20-22H,7H2,1-3H3/t12-,14+,15-,16-/m1/s1. The molecule has 0 bridgehead atoms. The molecule has 0 unspecified atom stereocenters. The Bertz CT molecular complexity index is 719. The molecule has 1 aliphatic heterocycles. The zero-order valence-corrected chi connectivity index (χ0v) is 14.6. The lowest BCUT2D eigenvalue weighted by Crippen LogP contribution is -2.50. The second-order valence-corrected chi connectivity index (χ2v) is 7.05. The largest absolute Gasteiger partial charge is 0.475 e. The van der Waals surface area contributed by atoms with Crippen LogP contribution in [0, 0.1) is 13.8 Å². The van der Waals surface area contributed by atoms with Gasteiger partial charge < -0.3 is 20.1 Å². The lowest BCUT2D eigenvalue weighted by molar-refractivity contribution is -0.0786. The molecule has 130 valence electrons. The molecule has 0 aliphatic carbocycles. The molecule has 7 nitrogen and oxygen atoms in total. The Hall–Kier alpha value is -1.61. The van der Waals surface area contributed by atoms with E-state index in [4.69, 9.17) is 4.74 Å². The first-order chi connectivity index (χ1) is 11.4. The van der Waals surface area contributed by atoms with Gasteiger partial charge in [-0.1, -0.05) is 0 Å². The maximum atomic E-state index is 9.99. The topological polar surface area (TPSA) is 101 Å². The van der Waals surface area contributed by atoms with Crippen LogP contribution >= 0.6 is 11.8 Å². The van der Waals surface area contributed by atoms with E-state index in [9.17, 15) is 15.3 Å². The summed E-state index contributed by atoms with van der Waals surface area (Å²) in [6.45, 7) is 3.93. The normalized spacial score (nSPS) is 27.2. The van der Waals surface area contributed by atoms with Crippen molar-refractivity contribution in [2.24, 2.45) is 7.05 Å². The highest BCUT2D eigenvalue weighted by Crippen LogP contribution is 2.30. The lowest BCUT2D eigenvalue weighted by Gasteiger charge is -2.34. The minimum atomic E-state index is -1.20. The summed E-state index contributed by atoms with van der Waals surface area (Å²) < 4.78 is 7.52. The van der Waals surface area contributed by atoms with Crippen LogP contribution in [-0.2, 0) is 7.05 Å². The zero-order valence-electron chi connectivity index (χ0n) is 13.7. The third-order valence-corrected chi connectivity index (χ3v) is 5.45. The van der Waals surface area contributed by atoms with Crippen LogP contribution in [0.1, 0.15) is 11.4 Å². The molecule has 0 amide bonds. The van der Waals surface area contributed by atoms with Gasteiger partial charge >= 0.3 is 0 Å². The second kappa shape index (κ2) is 6.72. The van der Waals surface area contributed by atoms with E-state index in [-0.39, 0.29) is 0 Å². The number of aryl methyl sites for hydroxylation is 2. The molecule has 3 rings (SSSR count). The predicted molar refractivity (Wildman–Crippen MR) is 90.8 cm³/mol. The summed E-state index contributed by atoms with van der Waals surface area (Å²) in [7, 11) is 1.89. The summed E-state index contributed by atoms with van der Waals surface area (Å²) in [6, 6.07) is 3.62. The average Bonchev–Trinajstić information content (AvgIpc) is 2.81. The highest BCUT2D eigenvalue weighted by molar-refractivity contribution is 7.99. The molecule has 0 aromatic carbocycles. The number of nitrogens with zero attached hydrogens (tertiary/aromatic N) is 3. The summed E-state index contributed by atoms with van der Waals surface area (Å²) in [5, 5.41) is 33.7. The van der Waals surface area contributed by atoms with Gasteiger partial charge in [-0.3, -0.25) is 9.67 Å². The van der Waals surface area contributed by atoms with Crippen LogP contribution in [0.25, 0.3) is 11.3 Å². The molecule has 1 fully saturated rings. The highest BCUT2D eigenvalue weighted by atomic mass is 32.2. The Kier molecular flexibility index (Phi) is 4.82. The Morgan fingerprint density at radius 3 is 2.54 bits per heavy atom. The van der Waals surface area contributed by atoms with Crippen LogP contribution in [0.4, 0.5) is 0 Å². The number of pyridine rings is 1. The number of aromatic nitrogens is 3. The fourth-order valence-corrected chi connectivity index (χ4v) is 3.88. The van der Waals surface area contributed by atoms with E-state index >= 15 is 0 Å². The summed E-state index contributed by atoms with van der Waals surface area (Å²) in [6.07, 6.45) is -1.71. The van der Waals surface area contributed by atoms with Crippen LogP contribution in [0.2, 0.25) is 0 Å². The monoisotopic (exact) mass is 351 g/mol. The van der Waals surface area contributed by atoms with E-state index in [0.717, 1.165) is 22.6 Å². The van der Waals surface area contributed by atoms with Gasteiger partial charge in [0.25, 0.3) is 0 Å². The van der Waals surface area contributed by atoms with Gasteiger partial charge in [-0.2, -0.15) is 5.10 Å². The van der Waals surface area contributed by atoms with Crippen LogP contribution in [-0.4, -0.2) is 59.6 Å². The first-order valence-corrected chi connectivity index (χ1v) is 8.72. The third-order valence-electron chi connectivity index (χ3n) is 4.21. The van der Waals surface area contributed by atoms with Gasteiger partial charge in [0, 0.05) is 24.1 Å². The molecule has 3 N–H and O–H groups in total. The number of rotatable bonds is 3. The molecule has 3 heterocycles. The van der Waals surface area contributed by atoms with Crippen LogP contribution < -0.4 is 4.74 Å². The SMILES string of the molecule is Cc1nn(C)c(C)c1-c1ccc(O[C@@H]2SC[C@@H](O)[C@H](O)[C@H]2O)cn1. The molecule has 0 saturated carbocycles. The van der Waals surface area contributed by atoms with Gasteiger partial charge in [-0.05, 0) is 26.0 Å². The Morgan fingerprint density at radius 2 is 1.96 bits per heavy atom. The number of aliphatic hydroxyl groups excluding tert-OH is 3. The van der Waals surface area contributed by atoms with Crippen molar-refractivity contribution in [1.82, 2.24) is 14.8 Å². The van der Waals surface area contributed by atoms with E-state index in [1.807, 2.05) is 31.6 Å². The molecule has 0 radical (unpaired) electrons. The molecule has 1 saturated heterocycles. The number of thioether (sulfide) groups is 1. The first-order valence-electron chi connectivity index (χ1n) is 7.67. The minimum absolute atomic E-state index is 0.308. The Labute approximate surface area is 144 Å². The first kappa shape index (κ1) is 17.2. The van der Waals surface area contributed by atoms with Gasteiger partial charge in [0.1, 0.15) is 18.0 Å². The summed E-state index contributed by atoms with van der Waals surface area (Å²) in [5.41, 5.74) is 3.10. The molecular formula is C16H21N3O4S. The highest BCUT2D eigenvalue weighted by Gasteiger charge is 2.38. The van der Waals surface area contributed by atoms with E-state index in [1.54, 1.807) is 12.3 Å². The lowest BCUT2D eigenvalue weighted by atomic mass is 10.1. The van der Waals surface area contributed by atoms with E-state index in [2.05, 4.69) is 10.1 Å². The van der Waals surface area contributed by atoms with Crippen molar-refractivity contribution in [3.05, 3.63) is 29.7 Å². The smallest absolute Gasteiger partial charge is 0.173 e. The fourth-order valence-electron chi connectivity index (χ4n) is 2.76. The molecule has 24 heavy (non-hydrogen) atoms. The van der Waals surface area contributed by atoms with Crippen molar-refractivity contribution in [2.75, 3.05) is 5.75 Å². The van der Waals surface area contributed by atoms with Gasteiger partial charge in [-0.25, -0.2) is 0 Å². The Balaban J connectivity index is 1.76. The van der Waals surface area contributed by atoms with Crippen LogP contribution in [0.15, 0.2) is 18.3 Å². The van der Waals surface area contributed by atoms with Crippen LogP contribution in [0.3, 0.4) is 0 Å². The van der Waals surface area contributed by atoms with Gasteiger partial charge in [0.15, 0.2) is 5.44 Å². The number of hydrogen-bond donors (Lipinski definition) is 3. The maximum absolute atomic E-state index is 9.99. The molecule has 1 aliphatic rings. The van der Waals surface area contributed by atoms with Crippen molar-refractivity contribution >= 4 is 11.8 Å².